The lowest BCUT2D eigenvalue weighted by molar-refractivity contribution is 0.119. The monoisotopic (exact) mass is 244 g/mol. The Kier molecular flexibility index (Phi) is 3.04. The highest BCUT2D eigenvalue weighted by molar-refractivity contribution is 5.86. The van der Waals surface area contributed by atoms with E-state index >= 15 is 0 Å². The zero-order valence-corrected chi connectivity index (χ0v) is 10.3. The van der Waals surface area contributed by atoms with Gasteiger partial charge in [-0.05, 0) is 29.4 Å². The SMILES string of the molecule is OC(CC1CCC1)c1ccc(F)c2ccccc12. The smallest absolute Gasteiger partial charge is 0.131 e. The third-order valence-electron chi connectivity index (χ3n) is 4.04. The van der Waals surface area contributed by atoms with Crippen LogP contribution in [0.1, 0.15) is 37.4 Å². The van der Waals surface area contributed by atoms with Crippen molar-refractivity contribution in [2.75, 3.05) is 0 Å². The maximum Gasteiger partial charge on any atom is 0.131 e. The van der Waals surface area contributed by atoms with Crippen LogP contribution in [0.2, 0.25) is 0 Å². The summed E-state index contributed by atoms with van der Waals surface area (Å²) in [5, 5.41) is 11.8. The number of hydrogen-bond donors (Lipinski definition) is 1. The number of halogens is 1. The van der Waals surface area contributed by atoms with Crippen molar-refractivity contribution in [1.82, 2.24) is 0 Å². The second-order valence-corrected chi connectivity index (χ2v) is 5.23. The van der Waals surface area contributed by atoms with E-state index in [0.717, 1.165) is 17.4 Å². The fraction of sp³-hybridized carbons (Fsp3) is 0.375. The van der Waals surface area contributed by atoms with Gasteiger partial charge in [0, 0.05) is 5.39 Å². The highest BCUT2D eigenvalue weighted by atomic mass is 19.1. The molecular weight excluding hydrogens is 227 g/mol. The van der Waals surface area contributed by atoms with Crippen LogP contribution in [0.15, 0.2) is 36.4 Å². The molecule has 3 rings (SSSR count). The molecule has 18 heavy (non-hydrogen) atoms. The van der Waals surface area contributed by atoms with Gasteiger partial charge in [-0.25, -0.2) is 4.39 Å². The van der Waals surface area contributed by atoms with Gasteiger partial charge in [0.25, 0.3) is 0 Å². The van der Waals surface area contributed by atoms with Crippen molar-refractivity contribution in [1.29, 1.82) is 0 Å². The molecule has 1 unspecified atom stereocenters. The van der Waals surface area contributed by atoms with Crippen molar-refractivity contribution in [3.63, 3.8) is 0 Å². The molecule has 0 heterocycles. The van der Waals surface area contributed by atoms with E-state index in [-0.39, 0.29) is 5.82 Å². The summed E-state index contributed by atoms with van der Waals surface area (Å²) < 4.78 is 13.7. The van der Waals surface area contributed by atoms with Crippen molar-refractivity contribution in [3.05, 3.63) is 47.8 Å². The average Bonchev–Trinajstić information content (AvgIpc) is 2.34. The Bertz CT molecular complexity index is 560. The first-order valence-electron chi connectivity index (χ1n) is 6.61. The lowest BCUT2D eigenvalue weighted by Crippen LogP contribution is -2.15. The van der Waals surface area contributed by atoms with Crippen LogP contribution in [0.5, 0.6) is 0 Å². The van der Waals surface area contributed by atoms with Gasteiger partial charge >= 0.3 is 0 Å². The lowest BCUT2D eigenvalue weighted by atomic mass is 9.80. The van der Waals surface area contributed by atoms with Crippen LogP contribution >= 0.6 is 0 Å². The molecule has 1 fully saturated rings. The maximum absolute atomic E-state index is 13.7. The number of benzene rings is 2. The first-order valence-corrected chi connectivity index (χ1v) is 6.61. The highest BCUT2D eigenvalue weighted by Gasteiger charge is 2.23. The molecule has 1 saturated carbocycles. The Hall–Kier alpha value is -1.41. The van der Waals surface area contributed by atoms with Crippen molar-refractivity contribution >= 4 is 10.8 Å². The molecule has 1 aliphatic carbocycles. The van der Waals surface area contributed by atoms with E-state index in [9.17, 15) is 9.50 Å². The lowest BCUT2D eigenvalue weighted by Gasteiger charge is -2.28. The number of rotatable bonds is 3. The molecule has 94 valence electrons. The Morgan fingerprint density at radius 2 is 1.83 bits per heavy atom. The Morgan fingerprint density at radius 1 is 1.11 bits per heavy atom. The fourth-order valence-corrected chi connectivity index (χ4v) is 2.75. The van der Waals surface area contributed by atoms with E-state index in [0.29, 0.717) is 11.3 Å². The van der Waals surface area contributed by atoms with Crippen LogP contribution in [0.25, 0.3) is 10.8 Å². The van der Waals surface area contributed by atoms with Gasteiger partial charge in [0.2, 0.25) is 0 Å². The average molecular weight is 244 g/mol. The van der Waals surface area contributed by atoms with Gasteiger partial charge in [-0.3, -0.25) is 0 Å². The van der Waals surface area contributed by atoms with Crippen LogP contribution in [0.4, 0.5) is 4.39 Å². The summed E-state index contributed by atoms with van der Waals surface area (Å²) in [7, 11) is 0. The van der Waals surface area contributed by atoms with Gasteiger partial charge < -0.3 is 5.11 Å². The summed E-state index contributed by atoms with van der Waals surface area (Å²) in [6.45, 7) is 0. The standard InChI is InChI=1S/C16H17FO/c17-15-9-8-14(12-6-1-2-7-13(12)15)16(18)10-11-4-3-5-11/h1-2,6-9,11,16,18H,3-5,10H2. The van der Waals surface area contributed by atoms with E-state index in [1.165, 1.54) is 25.3 Å². The van der Waals surface area contributed by atoms with Crippen molar-refractivity contribution in [3.8, 4) is 0 Å². The van der Waals surface area contributed by atoms with Gasteiger partial charge in [-0.15, -0.1) is 0 Å². The van der Waals surface area contributed by atoms with Gasteiger partial charge in [0.1, 0.15) is 5.82 Å². The van der Waals surface area contributed by atoms with Crippen LogP contribution in [0.3, 0.4) is 0 Å². The van der Waals surface area contributed by atoms with Gasteiger partial charge in [0.05, 0.1) is 6.10 Å². The summed E-state index contributed by atoms with van der Waals surface area (Å²) in [5.74, 6) is 0.425. The molecule has 1 nitrogen and oxygen atoms in total. The van der Waals surface area contributed by atoms with Gasteiger partial charge in [-0.2, -0.15) is 0 Å². The van der Waals surface area contributed by atoms with E-state index < -0.39 is 6.10 Å². The van der Waals surface area contributed by atoms with E-state index in [4.69, 9.17) is 0 Å². The molecule has 1 N–H and O–H groups in total. The molecule has 1 atom stereocenters. The van der Waals surface area contributed by atoms with Crippen molar-refractivity contribution in [2.45, 2.75) is 31.8 Å². The Labute approximate surface area is 106 Å². The molecule has 0 saturated heterocycles. The second kappa shape index (κ2) is 4.69. The molecule has 0 aliphatic heterocycles. The van der Waals surface area contributed by atoms with Crippen molar-refractivity contribution in [2.24, 2.45) is 5.92 Å². The molecule has 1 aliphatic rings. The summed E-state index contributed by atoms with van der Waals surface area (Å²) in [6, 6.07) is 10.6. The summed E-state index contributed by atoms with van der Waals surface area (Å²) in [5.41, 5.74) is 0.860. The number of hydrogen-bond acceptors (Lipinski definition) is 1. The minimum absolute atomic E-state index is 0.217. The van der Waals surface area contributed by atoms with E-state index in [1.54, 1.807) is 12.1 Å². The molecule has 0 bridgehead atoms. The maximum atomic E-state index is 13.7. The molecule has 0 radical (unpaired) electrons. The minimum Gasteiger partial charge on any atom is -0.388 e. The first-order chi connectivity index (χ1) is 8.75. The molecule has 2 aromatic rings. The van der Waals surface area contributed by atoms with Crippen LogP contribution in [0, 0.1) is 11.7 Å². The van der Waals surface area contributed by atoms with Crippen LogP contribution in [-0.4, -0.2) is 5.11 Å². The first kappa shape index (κ1) is 11.7. The second-order valence-electron chi connectivity index (χ2n) is 5.23. The summed E-state index contributed by atoms with van der Waals surface area (Å²) >= 11 is 0. The zero-order chi connectivity index (χ0) is 12.5. The predicted octanol–water partition coefficient (Wildman–Crippen LogP) is 4.20. The predicted molar refractivity (Wildman–Crippen MR) is 70.8 cm³/mol. The van der Waals surface area contributed by atoms with E-state index in [2.05, 4.69) is 0 Å². The largest absolute Gasteiger partial charge is 0.388 e. The third-order valence-corrected chi connectivity index (χ3v) is 4.04. The third kappa shape index (κ3) is 2.01. The number of aliphatic hydroxyl groups excluding tert-OH is 1. The van der Waals surface area contributed by atoms with Crippen LogP contribution in [-0.2, 0) is 0 Å². The van der Waals surface area contributed by atoms with Gasteiger partial charge in [0.15, 0.2) is 0 Å². The topological polar surface area (TPSA) is 20.2 Å². The number of aliphatic hydroxyl groups is 1. The quantitative estimate of drug-likeness (QED) is 0.857. The number of fused-ring (bicyclic) bond motifs is 1. The molecule has 2 heteroatoms. The minimum atomic E-state index is -0.471. The highest BCUT2D eigenvalue weighted by Crippen LogP contribution is 2.36. The fourth-order valence-electron chi connectivity index (χ4n) is 2.75. The van der Waals surface area contributed by atoms with Crippen LogP contribution < -0.4 is 0 Å². The Balaban J connectivity index is 1.97. The van der Waals surface area contributed by atoms with Crippen molar-refractivity contribution < 1.29 is 9.50 Å². The molecule has 2 aromatic carbocycles. The zero-order valence-electron chi connectivity index (χ0n) is 10.3. The molecule has 0 amide bonds. The normalized spacial score (nSPS) is 17.7. The van der Waals surface area contributed by atoms with E-state index in [1.807, 2.05) is 18.2 Å². The summed E-state index contributed by atoms with van der Waals surface area (Å²) in [4.78, 5) is 0. The Morgan fingerprint density at radius 3 is 2.50 bits per heavy atom. The molecule has 0 aromatic heterocycles. The van der Waals surface area contributed by atoms with Gasteiger partial charge in [-0.1, -0.05) is 49.6 Å². The molecular formula is C16H17FO. The molecule has 0 spiro atoms. The summed E-state index contributed by atoms with van der Waals surface area (Å²) in [6.07, 6.45) is 4.05.